The number of carbonyl (C=O) groups is 1. The molecular formula is C13H13N3O3S2. The summed E-state index contributed by atoms with van der Waals surface area (Å²) in [6, 6.07) is 4.36. The number of hydrogen-bond donors (Lipinski definition) is 1. The lowest BCUT2D eigenvalue weighted by molar-refractivity contribution is -0.384. The van der Waals surface area contributed by atoms with Gasteiger partial charge in [-0.2, -0.15) is 0 Å². The summed E-state index contributed by atoms with van der Waals surface area (Å²) in [7, 11) is 0. The largest absolute Gasteiger partial charge is 0.325 e. The van der Waals surface area contributed by atoms with Gasteiger partial charge >= 0.3 is 0 Å². The normalized spacial score (nSPS) is 10.4. The maximum Gasteiger partial charge on any atom is 0.269 e. The fourth-order valence-electron chi connectivity index (χ4n) is 1.61. The molecule has 6 nitrogen and oxygen atoms in total. The molecule has 1 aromatic heterocycles. The van der Waals surface area contributed by atoms with E-state index in [1.54, 1.807) is 13.0 Å². The molecule has 8 heteroatoms. The number of thioether (sulfide) groups is 1. The number of hydrogen-bond acceptors (Lipinski definition) is 6. The van der Waals surface area contributed by atoms with E-state index in [1.807, 2.05) is 12.3 Å². The monoisotopic (exact) mass is 323 g/mol. The quantitative estimate of drug-likeness (QED) is 0.518. The first kappa shape index (κ1) is 15.5. The molecule has 0 fully saturated rings. The molecule has 0 atom stereocenters. The van der Waals surface area contributed by atoms with Crippen LogP contribution in [0.5, 0.6) is 0 Å². The highest BCUT2D eigenvalue weighted by Crippen LogP contribution is 2.24. The predicted molar refractivity (Wildman–Crippen MR) is 84.0 cm³/mol. The van der Waals surface area contributed by atoms with Crippen LogP contribution in [-0.4, -0.2) is 21.6 Å². The van der Waals surface area contributed by atoms with Crippen molar-refractivity contribution in [3.8, 4) is 0 Å². The topological polar surface area (TPSA) is 85.1 Å². The average Bonchev–Trinajstić information content (AvgIpc) is 2.84. The van der Waals surface area contributed by atoms with Crippen LogP contribution < -0.4 is 5.32 Å². The summed E-state index contributed by atoms with van der Waals surface area (Å²) in [5.41, 5.74) is 2.20. The molecule has 0 aliphatic heterocycles. The van der Waals surface area contributed by atoms with Crippen molar-refractivity contribution in [2.24, 2.45) is 0 Å². The number of nitrogens with zero attached hydrogens (tertiary/aromatic N) is 2. The van der Waals surface area contributed by atoms with Crippen LogP contribution in [0.25, 0.3) is 0 Å². The van der Waals surface area contributed by atoms with E-state index in [2.05, 4.69) is 10.3 Å². The summed E-state index contributed by atoms with van der Waals surface area (Å²) in [5, 5.41) is 15.3. The highest BCUT2D eigenvalue weighted by atomic mass is 32.2. The summed E-state index contributed by atoms with van der Waals surface area (Å²) in [6.07, 6.45) is 0. The van der Waals surface area contributed by atoms with E-state index in [4.69, 9.17) is 0 Å². The van der Waals surface area contributed by atoms with Crippen molar-refractivity contribution in [3.63, 3.8) is 0 Å². The van der Waals surface area contributed by atoms with Crippen molar-refractivity contribution >= 4 is 40.4 Å². The van der Waals surface area contributed by atoms with Crippen molar-refractivity contribution in [2.45, 2.75) is 18.2 Å². The van der Waals surface area contributed by atoms with Gasteiger partial charge in [-0.15, -0.1) is 11.3 Å². The van der Waals surface area contributed by atoms with Gasteiger partial charge in [-0.25, -0.2) is 4.98 Å². The zero-order valence-corrected chi connectivity index (χ0v) is 13.1. The number of anilines is 1. The van der Waals surface area contributed by atoms with Gasteiger partial charge in [0, 0.05) is 28.9 Å². The van der Waals surface area contributed by atoms with Crippen molar-refractivity contribution < 1.29 is 9.72 Å². The van der Waals surface area contributed by atoms with Crippen LogP contribution in [0.1, 0.15) is 11.3 Å². The standard InChI is InChI=1S/C13H13N3O3S2/c1-8-5-10(16(18)19)3-4-11(8)15-12(17)7-21-13-14-9(2)6-20-13/h3-6H,7H2,1-2H3,(H,15,17). The first-order valence-corrected chi connectivity index (χ1v) is 7.92. The second-order valence-electron chi connectivity index (χ2n) is 4.35. The van der Waals surface area contributed by atoms with E-state index in [9.17, 15) is 14.9 Å². The molecule has 2 aromatic rings. The molecule has 0 unspecified atom stereocenters. The highest BCUT2D eigenvalue weighted by Gasteiger charge is 2.11. The number of nitro benzene ring substituents is 1. The number of nitro groups is 1. The van der Waals surface area contributed by atoms with Gasteiger partial charge in [0.2, 0.25) is 5.91 Å². The van der Waals surface area contributed by atoms with E-state index in [0.29, 0.717) is 11.3 Å². The number of nitrogens with one attached hydrogen (secondary N) is 1. The van der Waals surface area contributed by atoms with Gasteiger partial charge in [0.1, 0.15) is 0 Å². The SMILES string of the molecule is Cc1csc(SCC(=O)Nc2ccc([N+](=O)[O-])cc2C)n1. The summed E-state index contributed by atoms with van der Waals surface area (Å²) in [5.74, 6) is 0.0911. The fraction of sp³-hybridized carbons (Fsp3) is 0.231. The highest BCUT2D eigenvalue weighted by molar-refractivity contribution is 8.01. The number of rotatable bonds is 5. The molecule has 0 saturated heterocycles. The Kier molecular flexibility index (Phi) is 4.92. The minimum atomic E-state index is -0.459. The van der Waals surface area contributed by atoms with Crippen LogP contribution in [0.4, 0.5) is 11.4 Å². The molecule has 21 heavy (non-hydrogen) atoms. The van der Waals surface area contributed by atoms with Gasteiger partial charge < -0.3 is 5.32 Å². The summed E-state index contributed by atoms with van der Waals surface area (Å²) >= 11 is 2.87. The zero-order valence-electron chi connectivity index (χ0n) is 11.5. The molecule has 1 N–H and O–H groups in total. The van der Waals surface area contributed by atoms with Gasteiger partial charge in [0.05, 0.1) is 10.7 Å². The van der Waals surface area contributed by atoms with E-state index in [-0.39, 0.29) is 17.3 Å². The molecule has 0 radical (unpaired) electrons. The van der Waals surface area contributed by atoms with Crippen molar-refractivity contribution in [3.05, 3.63) is 45.0 Å². The fourth-order valence-corrected chi connectivity index (χ4v) is 3.26. The predicted octanol–water partition coefficient (Wildman–Crippen LogP) is 3.40. The van der Waals surface area contributed by atoms with Crippen LogP contribution in [-0.2, 0) is 4.79 Å². The molecule has 0 saturated carbocycles. The van der Waals surface area contributed by atoms with Crippen LogP contribution in [0.2, 0.25) is 0 Å². The Morgan fingerprint density at radius 2 is 2.24 bits per heavy atom. The molecule has 110 valence electrons. The Labute approximate surface area is 129 Å². The summed E-state index contributed by atoms with van der Waals surface area (Å²) < 4.78 is 0.850. The molecule has 2 rings (SSSR count). The van der Waals surface area contributed by atoms with Gasteiger partial charge in [0.15, 0.2) is 4.34 Å². The smallest absolute Gasteiger partial charge is 0.269 e. The van der Waals surface area contributed by atoms with Crippen molar-refractivity contribution in [1.29, 1.82) is 0 Å². The Morgan fingerprint density at radius 1 is 1.48 bits per heavy atom. The van der Waals surface area contributed by atoms with Gasteiger partial charge in [0.25, 0.3) is 5.69 Å². The van der Waals surface area contributed by atoms with E-state index >= 15 is 0 Å². The molecule has 0 spiro atoms. The number of thiazole rings is 1. The van der Waals surface area contributed by atoms with Crippen LogP contribution >= 0.6 is 23.1 Å². The molecule has 1 heterocycles. The Balaban J connectivity index is 1.94. The van der Waals surface area contributed by atoms with Gasteiger partial charge in [-0.1, -0.05) is 11.8 Å². The first-order valence-electron chi connectivity index (χ1n) is 6.05. The molecule has 0 aliphatic carbocycles. The Morgan fingerprint density at radius 3 is 2.81 bits per heavy atom. The average molecular weight is 323 g/mol. The second-order valence-corrected chi connectivity index (χ2v) is 6.43. The third-order valence-electron chi connectivity index (χ3n) is 2.62. The maximum absolute atomic E-state index is 11.9. The number of non-ortho nitro benzene ring substituents is 1. The lowest BCUT2D eigenvalue weighted by Gasteiger charge is -2.07. The van der Waals surface area contributed by atoms with Crippen LogP contribution in [0.3, 0.4) is 0 Å². The summed E-state index contributed by atoms with van der Waals surface area (Å²) in [6.45, 7) is 3.63. The Bertz CT molecular complexity index is 685. The number of amides is 1. The minimum Gasteiger partial charge on any atom is -0.325 e. The second kappa shape index (κ2) is 6.68. The number of carbonyl (C=O) groups excluding carboxylic acids is 1. The molecular weight excluding hydrogens is 310 g/mol. The number of aryl methyl sites for hydroxylation is 2. The van der Waals surface area contributed by atoms with E-state index in [0.717, 1.165) is 10.0 Å². The van der Waals surface area contributed by atoms with Crippen molar-refractivity contribution in [2.75, 3.05) is 11.1 Å². The van der Waals surface area contributed by atoms with Gasteiger partial charge in [-0.3, -0.25) is 14.9 Å². The molecule has 1 aromatic carbocycles. The molecule has 0 aliphatic rings. The van der Waals surface area contributed by atoms with Crippen molar-refractivity contribution in [1.82, 2.24) is 4.98 Å². The lowest BCUT2D eigenvalue weighted by Crippen LogP contribution is -2.14. The first-order chi connectivity index (χ1) is 9.95. The van der Waals surface area contributed by atoms with Gasteiger partial charge in [-0.05, 0) is 25.5 Å². The van der Waals surface area contributed by atoms with Crippen LogP contribution in [0.15, 0.2) is 27.9 Å². The maximum atomic E-state index is 11.9. The van der Waals surface area contributed by atoms with E-state index < -0.39 is 4.92 Å². The number of benzene rings is 1. The van der Waals surface area contributed by atoms with E-state index in [1.165, 1.54) is 35.2 Å². The lowest BCUT2D eigenvalue weighted by atomic mass is 10.2. The van der Waals surface area contributed by atoms with Crippen LogP contribution in [0, 0.1) is 24.0 Å². The number of aromatic nitrogens is 1. The third kappa shape index (κ3) is 4.27. The summed E-state index contributed by atoms with van der Waals surface area (Å²) in [4.78, 5) is 26.3. The zero-order chi connectivity index (χ0) is 15.4. The Hall–Kier alpha value is -1.93. The minimum absolute atomic E-state index is 0.0122. The third-order valence-corrected chi connectivity index (χ3v) is 4.76. The molecule has 1 amide bonds. The molecule has 0 bridgehead atoms.